The quantitative estimate of drug-likeness (QED) is 0.600. The van der Waals surface area contributed by atoms with Gasteiger partial charge in [-0.05, 0) is 20.8 Å². The second kappa shape index (κ2) is 4.26. The van der Waals surface area contributed by atoms with Crippen molar-refractivity contribution in [3.8, 4) is 0 Å². The Kier molecular flexibility index (Phi) is 3.96. The van der Waals surface area contributed by atoms with E-state index >= 15 is 0 Å². The fourth-order valence-corrected chi connectivity index (χ4v) is 0.888. The lowest BCUT2D eigenvalue weighted by Crippen LogP contribution is -2.43. The van der Waals surface area contributed by atoms with E-state index in [-0.39, 0.29) is 11.4 Å². The third kappa shape index (κ3) is 5.92. The standard InChI is InChI=1S/C9H18N2O/c1-7(2)6-11-9(3,4)5-8(10)12/h11H,1,5-6H2,2-4H3,(H2,10,12). The number of carbonyl (C=O) groups excluding carboxylic acids is 1. The van der Waals surface area contributed by atoms with Crippen LogP contribution in [0.25, 0.3) is 0 Å². The summed E-state index contributed by atoms with van der Waals surface area (Å²) >= 11 is 0. The summed E-state index contributed by atoms with van der Waals surface area (Å²) in [7, 11) is 0. The zero-order chi connectivity index (χ0) is 9.78. The number of nitrogens with two attached hydrogens (primary N) is 1. The molecule has 0 radical (unpaired) electrons. The third-order valence-electron chi connectivity index (χ3n) is 1.48. The largest absolute Gasteiger partial charge is 0.370 e. The van der Waals surface area contributed by atoms with Gasteiger partial charge in [-0.3, -0.25) is 4.79 Å². The lowest BCUT2D eigenvalue weighted by atomic mass is 10.00. The molecule has 0 rings (SSSR count). The van der Waals surface area contributed by atoms with Crippen LogP contribution in [0.15, 0.2) is 12.2 Å². The van der Waals surface area contributed by atoms with Gasteiger partial charge in [0.2, 0.25) is 5.91 Å². The van der Waals surface area contributed by atoms with Gasteiger partial charge < -0.3 is 11.1 Å². The topological polar surface area (TPSA) is 55.1 Å². The Labute approximate surface area is 74.0 Å². The van der Waals surface area contributed by atoms with Gasteiger partial charge in [0.05, 0.1) is 0 Å². The molecule has 0 aliphatic rings. The van der Waals surface area contributed by atoms with Crippen LogP contribution in [0.5, 0.6) is 0 Å². The van der Waals surface area contributed by atoms with Crippen molar-refractivity contribution in [1.29, 1.82) is 0 Å². The van der Waals surface area contributed by atoms with Crippen molar-refractivity contribution >= 4 is 5.91 Å². The summed E-state index contributed by atoms with van der Waals surface area (Å²) < 4.78 is 0. The molecule has 0 atom stereocenters. The molecular formula is C9H18N2O. The van der Waals surface area contributed by atoms with Crippen molar-refractivity contribution in [3.05, 3.63) is 12.2 Å². The molecule has 0 aliphatic carbocycles. The van der Waals surface area contributed by atoms with Gasteiger partial charge in [0, 0.05) is 18.5 Å². The van der Waals surface area contributed by atoms with Crippen LogP contribution in [-0.2, 0) is 4.79 Å². The van der Waals surface area contributed by atoms with E-state index < -0.39 is 0 Å². The van der Waals surface area contributed by atoms with E-state index in [1.54, 1.807) is 0 Å². The molecule has 0 aliphatic heterocycles. The van der Waals surface area contributed by atoms with Crippen LogP contribution in [0.1, 0.15) is 27.2 Å². The predicted octanol–water partition coefficient (Wildman–Crippen LogP) is 0.806. The second-order valence-corrected chi connectivity index (χ2v) is 3.84. The first kappa shape index (κ1) is 11.2. The second-order valence-electron chi connectivity index (χ2n) is 3.84. The van der Waals surface area contributed by atoms with Gasteiger partial charge >= 0.3 is 0 Å². The predicted molar refractivity (Wildman–Crippen MR) is 50.7 cm³/mol. The summed E-state index contributed by atoms with van der Waals surface area (Å²) in [6, 6.07) is 0. The molecule has 3 N–H and O–H groups in total. The van der Waals surface area contributed by atoms with Gasteiger partial charge in [0.25, 0.3) is 0 Å². The highest BCUT2D eigenvalue weighted by atomic mass is 16.1. The minimum atomic E-state index is -0.283. The first-order chi connectivity index (χ1) is 5.33. The van der Waals surface area contributed by atoms with E-state index in [1.807, 2.05) is 20.8 Å². The Morgan fingerprint density at radius 3 is 2.42 bits per heavy atom. The van der Waals surface area contributed by atoms with Crippen LogP contribution < -0.4 is 11.1 Å². The molecule has 0 saturated carbocycles. The van der Waals surface area contributed by atoms with Crippen LogP contribution in [-0.4, -0.2) is 18.0 Å². The van der Waals surface area contributed by atoms with Gasteiger partial charge in [-0.15, -0.1) is 0 Å². The van der Waals surface area contributed by atoms with E-state index in [0.29, 0.717) is 6.42 Å². The molecule has 0 saturated heterocycles. The summed E-state index contributed by atoms with van der Waals surface area (Å²) in [5, 5.41) is 3.19. The average Bonchev–Trinajstić information content (AvgIpc) is 1.81. The minimum absolute atomic E-state index is 0.231. The van der Waals surface area contributed by atoms with Crippen LogP contribution in [0.2, 0.25) is 0 Å². The summed E-state index contributed by atoms with van der Waals surface area (Å²) in [5.41, 5.74) is 5.90. The highest BCUT2D eigenvalue weighted by Gasteiger charge is 2.18. The number of primary amides is 1. The maximum atomic E-state index is 10.6. The van der Waals surface area contributed by atoms with E-state index in [9.17, 15) is 4.79 Å². The van der Waals surface area contributed by atoms with E-state index in [4.69, 9.17) is 5.73 Å². The molecule has 0 aromatic carbocycles. The molecule has 0 heterocycles. The Morgan fingerprint density at radius 2 is 2.08 bits per heavy atom. The van der Waals surface area contributed by atoms with Gasteiger partial charge in [0.15, 0.2) is 0 Å². The Balaban J connectivity index is 3.86. The van der Waals surface area contributed by atoms with Crippen molar-refractivity contribution in [3.63, 3.8) is 0 Å². The molecule has 70 valence electrons. The van der Waals surface area contributed by atoms with E-state index in [2.05, 4.69) is 11.9 Å². The van der Waals surface area contributed by atoms with Crippen LogP contribution in [0, 0.1) is 0 Å². The normalized spacial score (nSPS) is 11.2. The van der Waals surface area contributed by atoms with Gasteiger partial charge in [-0.25, -0.2) is 0 Å². The molecule has 0 bridgehead atoms. The number of amides is 1. The van der Waals surface area contributed by atoms with Crippen molar-refractivity contribution in [2.24, 2.45) is 5.73 Å². The Morgan fingerprint density at radius 1 is 1.58 bits per heavy atom. The highest BCUT2D eigenvalue weighted by molar-refractivity contribution is 5.74. The molecule has 3 nitrogen and oxygen atoms in total. The van der Waals surface area contributed by atoms with Crippen molar-refractivity contribution in [2.75, 3.05) is 6.54 Å². The van der Waals surface area contributed by atoms with Gasteiger partial charge in [0.1, 0.15) is 0 Å². The molecule has 0 spiro atoms. The van der Waals surface area contributed by atoms with Crippen molar-refractivity contribution in [1.82, 2.24) is 5.32 Å². The van der Waals surface area contributed by atoms with E-state index in [1.165, 1.54) is 0 Å². The number of rotatable bonds is 5. The minimum Gasteiger partial charge on any atom is -0.370 e. The first-order valence-corrected chi connectivity index (χ1v) is 4.01. The van der Waals surface area contributed by atoms with Gasteiger partial charge in [-0.1, -0.05) is 12.2 Å². The molecular weight excluding hydrogens is 152 g/mol. The SMILES string of the molecule is C=C(C)CNC(C)(C)CC(N)=O. The highest BCUT2D eigenvalue weighted by Crippen LogP contribution is 2.07. The fraction of sp³-hybridized carbons (Fsp3) is 0.667. The zero-order valence-electron chi connectivity index (χ0n) is 8.11. The molecule has 1 amide bonds. The van der Waals surface area contributed by atoms with Crippen LogP contribution >= 0.6 is 0 Å². The average molecular weight is 170 g/mol. The monoisotopic (exact) mass is 170 g/mol. The lowest BCUT2D eigenvalue weighted by Gasteiger charge is -2.24. The van der Waals surface area contributed by atoms with Crippen molar-refractivity contribution < 1.29 is 4.79 Å². The summed E-state index contributed by atoms with van der Waals surface area (Å²) in [5.74, 6) is -0.283. The third-order valence-corrected chi connectivity index (χ3v) is 1.48. The maximum Gasteiger partial charge on any atom is 0.219 e. The maximum absolute atomic E-state index is 10.6. The Hall–Kier alpha value is -0.830. The number of nitrogens with one attached hydrogen (secondary N) is 1. The molecule has 0 aromatic rings. The van der Waals surface area contributed by atoms with Gasteiger partial charge in [-0.2, -0.15) is 0 Å². The molecule has 0 unspecified atom stereocenters. The zero-order valence-corrected chi connectivity index (χ0v) is 8.11. The van der Waals surface area contributed by atoms with E-state index in [0.717, 1.165) is 12.1 Å². The molecule has 0 fully saturated rings. The number of hydrogen-bond donors (Lipinski definition) is 2. The smallest absolute Gasteiger partial charge is 0.219 e. The summed E-state index contributed by atoms with van der Waals surface area (Å²) in [6.07, 6.45) is 0.347. The molecule has 0 aromatic heterocycles. The summed E-state index contributed by atoms with van der Waals surface area (Å²) in [6.45, 7) is 10.3. The fourth-order valence-electron chi connectivity index (χ4n) is 0.888. The van der Waals surface area contributed by atoms with Crippen molar-refractivity contribution in [2.45, 2.75) is 32.7 Å². The number of hydrogen-bond acceptors (Lipinski definition) is 2. The first-order valence-electron chi connectivity index (χ1n) is 4.01. The molecule has 12 heavy (non-hydrogen) atoms. The van der Waals surface area contributed by atoms with Crippen LogP contribution in [0.3, 0.4) is 0 Å². The Bertz CT molecular complexity index is 185. The lowest BCUT2D eigenvalue weighted by molar-refractivity contribution is -0.119. The van der Waals surface area contributed by atoms with Crippen LogP contribution in [0.4, 0.5) is 0 Å². The number of carbonyl (C=O) groups is 1. The summed E-state index contributed by atoms with van der Waals surface area (Å²) in [4.78, 5) is 10.6. The molecule has 3 heteroatoms.